The van der Waals surface area contributed by atoms with E-state index >= 15 is 0 Å². The van der Waals surface area contributed by atoms with E-state index in [1.54, 1.807) is 25.1 Å². The van der Waals surface area contributed by atoms with Gasteiger partial charge >= 0.3 is 5.97 Å². The summed E-state index contributed by atoms with van der Waals surface area (Å²) in [4.78, 5) is 11.5. The molecule has 1 aromatic rings. The lowest BCUT2D eigenvalue weighted by Gasteiger charge is -2.28. The third-order valence-corrected chi connectivity index (χ3v) is 4.76. The smallest absolute Gasteiger partial charge is 0.347 e. The third kappa shape index (κ3) is 3.68. The van der Waals surface area contributed by atoms with Gasteiger partial charge in [0.2, 0.25) is 4.87 Å². The fourth-order valence-electron chi connectivity index (χ4n) is 2.32. The molecule has 128 valence electrons. The Bertz CT molecular complexity index is 694. The Hall–Kier alpha value is -2.13. The van der Waals surface area contributed by atoms with E-state index in [0.29, 0.717) is 36.0 Å². The largest absolute Gasteiger partial charge is 0.492 e. The molecule has 1 N–H and O–H groups in total. The molecule has 0 radical (unpaired) electrons. The first-order valence-electron chi connectivity index (χ1n) is 7.90. The summed E-state index contributed by atoms with van der Waals surface area (Å²) < 4.78 is 10.9. The molecule has 1 atom stereocenters. The van der Waals surface area contributed by atoms with Crippen molar-refractivity contribution in [3.63, 3.8) is 0 Å². The van der Waals surface area contributed by atoms with Crippen molar-refractivity contribution < 1.29 is 14.3 Å². The number of esters is 1. The fraction of sp³-hybridized carbons (Fsp3) is 0.444. The van der Waals surface area contributed by atoms with E-state index in [0.717, 1.165) is 5.70 Å². The van der Waals surface area contributed by atoms with E-state index in [1.165, 1.54) is 11.8 Å². The predicted molar refractivity (Wildman–Crippen MR) is 94.3 cm³/mol. The van der Waals surface area contributed by atoms with Crippen LogP contribution in [0, 0.1) is 17.2 Å². The van der Waals surface area contributed by atoms with Crippen LogP contribution >= 0.6 is 11.8 Å². The van der Waals surface area contributed by atoms with Crippen LogP contribution in [0.3, 0.4) is 0 Å². The molecule has 0 saturated carbocycles. The molecule has 24 heavy (non-hydrogen) atoms. The van der Waals surface area contributed by atoms with Crippen molar-refractivity contribution in [3.8, 4) is 11.8 Å². The summed E-state index contributed by atoms with van der Waals surface area (Å²) >= 11 is 1.34. The Morgan fingerprint density at radius 2 is 2.21 bits per heavy atom. The average Bonchev–Trinajstić information content (AvgIpc) is 2.96. The minimum Gasteiger partial charge on any atom is -0.492 e. The van der Waals surface area contributed by atoms with Crippen LogP contribution in [0.4, 0.5) is 0 Å². The lowest BCUT2D eigenvalue weighted by Crippen LogP contribution is -2.43. The van der Waals surface area contributed by atoms with Gasteiger partial charge in [-0.2, -0.15) is 5.26 Å². The number of ether oxygens (including phenoxy) is 2. The fourth-order valence-corrected chi connectivity index (χ4v) is 3.37. The number of thioether (sulfide) groups is 1. The molecule has 0 saturated heterocycles. The van der Waals surface area contributed by atoms with Crippen molar-refractivity contribution in [2.45, 2.75) is 32.6 Å². The zero-order valence-electron chi connectivity index (χ0n) is 14.4. The maximum atomic E-state index is 12.6. The van der Waals surface area contributed by atoms with Gasteiger partial charge in [-0.05, 0) is 37.3 Å². The van der Waals surface area contributed by atoms with Crippen LogP contribution in [0.15, 0.2) is 29.3 Å². The average molecular weight is 346 g/mol. The normalized spacial score (nSPS) is 19.4. The van der Waals surface area contributed by atoms with Crippen molar-refractivity contribution >= 4 is 17.7 Å². The molecule has 1 aliphatic heterocycles. The zero-order chi connectivity index (χ0) is 17.7. The summed E-state index contributed by atoms with van der Waals surface area (Å²) in [7, 11) is 0. The van der Waals surface area contributed by atoms with E-state index < -0.39 is 4.87 Å². The summed E-state index contributed by atoms with van der Waals surface area (Å²) in [6.45, 7) is 8.58. The number of nitriles is 1. The number of allylic oxidation sites excluding steroid dienone is 1. The van der Waals surface area contributed by atoms with Crippen molar-refractivity contribution in [3.05, 3.63) is 40.4 Å². The van der Waals surface area contributed by atoms with Crippen molar-refractivity contribution in [1.82, 2.24) is 5.32 Å². The quantitative estimate of drug-likeness (QED) is 0.795. The molecule has 0 aliphatic carbocycles. The topological polar surface area (TPSA) is 71.3 Å². The molecule has 1 aliphatic rings. The predicted octanol–water partition coefficient (Wildman–Crippen LogP) is 3.51. The number of carbonyl (C=O) groups excluding carboxylic acids is 1. The van der Waals surface area contributed by atoms with E-state index in [4.69, 9.17) is 9.47 Å². The van der Waals surface area contributed by atoms with E-state index in [-0.39, 0.29) is 5.97 Å². The molecule has 1 aromatic carbocycles. The SMILES string of the molecule is CCOC(=O)C1(c2ccc(OCC(C)C)c(C#N)c2)NC(C)=CS1. The highest BCUT2D eigenvalue weighted by atomic mass is 32.2. The summed E-state index contributed by atoms with van der Waals surface area (Å²) in [6.07, 6.45) is 0. The second kappa shape index (κ2) is 7.63. The molecule has 1 heterocycles. The molecule has 0 aromatic heterocycles. The van der Waals surface area contributed by atoms with Gasteiger partial charge in [0.15, 0.2) is 0 Å². The lowest BCUT2D eigenvalue weighted by atomic mass is 10.0. The van der Waals surface area contributed by atoms with Gasteiger partial charge in [0.1, 0.15) is 11.8 Å². The Morgan fingerprint density at radius 3 is 2.75 bits per heavy atom. The molecule has 0 bridgehead atoms. The molecule has 5 nitrogen and oxygen atoms in total. The monoisotopic (exact) mass is 346 g/mol. The third-order valence-electron chi connectivity index (χ3n) is 3.43. The molecule has 6 heteroatoms. The molecule has 0 fully saturated rings. The van der Waals surface area contributed by atoms with Crippen molar-refractivity contribution in [2.75, 3.05) is 13.2 Å². The second-order valence-electron chi connectivity index (χ2n) is 5.97. The number of hydrogen-bond acceptors (Lipinski definition) is 6. The van der Waals surface area contributed by atoms with Crippen LogP contribution in [0.1, 0.15) is 38.8 Å². The van der Waals surface area contributed by atoms with Gasteiger partial charge in [-0.3, -0.25) is 0 Å². The van der Waals surface area contributed by atoms with Gasteiger partial charge in [0.05, 0.1) is 18.8 Å². The van der Waals surface area contributed by atoms with Crippen LogP contribution in [-0.2, 0) is 14.4 Å². The van der Waals surface area contributed by atoms with Crippen molar-refractivity contribution in [2.24, 2.45) is 5.92 Å². The number of rotatable bonds is 6. The minimum absolute atomic E-state index is 0.294. The van der Waals surface area contributed by atoms with Crippen LogP contribution in [-0.4, -0.2) is 19.2 Å². The first-order chi connectivity index (χ1) is 11.4. The van der Waals surface area contributed by atoms with Crippen LogP contribution in [0.25, 0.3) is 0 Å². The van der Waals surface area contributed by atoms with Gasteiger partial charge in [-0.15, -0.1) is 0 Å². The number of nitrogens with zero attached hydrogens (tertiary/aromatic N) is 1. The Morgan fingerprint density at radius 1 is 1.46 bits per heavy atom. The van der Waals surface area contributed by atoms with Gasteiger partial charge in [-0.1, -0.05) is 31.7 Å². The zero-order valence-corrected chi connectivity index (χ0v) is 15.2. The molecular weight excluding hydrogens is 324 g/mol. The maximum absolute atomic E-state index is 12.6. The summed E-state index contributed by atoms with van der Waals surface area (Å²) in [5.74, 6) is 0.519. The number of hydrogen-bond donors (Lipinski definition) is 1. The van der Waals surface area contributed by atoms with Gasteiger partial charge in [0.25, 0.3) is 0 Å². The highest BCUT2D eigenvalue weighted by Crippen LogP contribution is 2.43. The molecule has 0 spiro atoms. The van der Waals surface area contributed by atoms with Crippen LogP contribution in [0.5, 0.6) is 5.75 Å². The standard InChI is InChI=1S/C18H22N2O3S/c1-5-22-17(21)18(20-13(4)11-24-18)15-6-7-16(14(8-15)9-19)23-10-12(2)3/h6-8,11-12,20H,5,10H2,1-4H3. The van der Waals surface area contributed by atoms with Gasteiger partial charge < -0.3 is 14.8 Å². The number of benzene rings is 1. The van der Waals surface area contributed by atoms with E-state index in [9.17, 15) is 10.1 Å². The molecule has 1 unspecified atom stereocenters. The molecular formula is C18H22N2O3S. The highest BCUT2D eigenvalue weighted by molar-refractivity contribution is 8.04. The Kier molecular flexibility index (Phi) is 5.79. The van der Waals surface area contributed by atoms with Crippen LogP contribution in [0.2, 0.25) is 0 Å². The minimum atomic E-state index is -1.05. The summed E-state index contributed by atoms with van der Waals surface area (Å²) in [5, 5.41) is 14.5. The molecule has 2 rings (SSSR count). The first-order valence-corrected chi connectivity index (χ1v) is 8.78. The van der Waals surface area contributed by atoms with E-state index in [2.05, 4.69) is 11.4 Å². The second-order valence-corrected chi connectivity index (χ2v) is 7.06. The summed E-state index contributed by atoms with van der Waals surface area (Å²) in [6, 6.07) is 7.39. The number of carbonyl (C=O) groups is 1. The highest BCUT2D eigenvalue weighted by Gasteiger charge is 2.45. The van der Waals surface area contributed by atoms with Gasteiger partial charge in [0, 0.05) is 11.3 Å². The lowest BCUT2D eigenvalue weighted by molar-refractivity contribution is -0.147. The van der Waals surface area contributed by atoms with E-state index in [1.807, 2.05) is 26.2 Å². The van der Waals surface area contributed by atoms with Gasteiger partial charge in [-0.25, -0.2) is 4.79 Å². The summed E-state index contributed by atoms with van der Waals surface area (Å²) in [5.41, 5.74) is 1.96. The number of nitrogens with one attached hydrogen (secondary N) is 1. The van der Waals surface area contributed by atoms with Crippen LogP contribution < -0.4 is 10.1 Å². The maximum Gasteiger partial charge on any atom is 0.347 e. The van der Waals surface area contributed by atoms with Crippen molar-refractivity contribution in [1.29, 1.82) is 5.26 Å². The Labute approximate surface area is 147 Å². The first kappa shape index (κ1) is 18.2. The molecule has 0 amide bonds. The Balaban J connectivity index is 2.38.